The van der Waals surface area contributed by atoms with Crippen LogP contribution in [0.4, 0.5) is 42.0 Å². The molecular formula is C27H22F3N7O. The van der Waals surface area contributed by atoms with Gasteiger partial charge in [-0.2, -0.15) is 0 Å². The van der Waals surface area contributed by atoms with Crippen LogP contribution in [0.2, 0.25) is 0 Å². The number of ether oxygens (including phenoxy) is 1. The second-order valence-electron chi connectivity index (χ2n) is 8.32. The predicted molar refractivity (Wildman–Crippen MR) is 141 cm³/mol. The molecule has 3 heterocycles. The third kappa shape index (κ3) is 4.85. The summed E-state index contributed by atoms with van der Waals surface area (Å²) in [5.74, 6) is 0.991. The molecule has 11 heteroatoms. The molecule has 0 spiro atoms. The molecule has 3 N–H and O–H groups in total. The SMILES string of the molecule is CNc1cc(-c2cccnc2N(c2cccc(OC(F)(F)F)c2)c2c(C)ccc3c(N)nccc23)ncn1. The van der Waals surface area contributed by atoms with E-state index in [1.165, 1.54) is 24.5 Å². The number of nitrogen functional groups attached to an aromatic ring is 1. The van der Waals surface area contributed by atoms with Crippen LogP contribution in [0.25, 0.3) is 22.0 Å². The second-order valence-corrected chi connectivity index (χ2v) is 8.32. The Kier molecular flexibility index (Phi) is 6.41. The van der Waals surface area contributed by atoms with Crippen LogP contribution in [-0.2, 0) is 0 Å². The first-order valence-electron chi connectivity index (χ1n) is 11.5. The average molecular weight is 518 g/mol. The third-order valence-electron chi connectivity index (χ3n) is 5.88. The highest BCUT2D eigenvalue weighted by molar-refractivity contribution is 6.04. The van der Waals surface area contributed by atoms with E-state index in [0.29, 0.717) is 45.5 Å². The first-order chi connectivity index (χ1) is 18.2. The number of nitrogens with zero attached hydrogens (tertiary/aromatic N) is 5. The Balaban J connectivity index is 1.82. The van der Waals surface area contributed by atoms with Gasteiger partial charge in [0.25, 0.3) is 0 Å². The number of nitrogens with two attached hydrogens (primary N) is 1. The van der Waals surface area contributed by atoms with E-state index in [1.54, 1.807) is 42.5 Å². The van der Waals surface area contributed by atoms with Crippen LogP contribution >= 0.6 is 0 Å². The molecule has 5 rings (SSSR count). The zero-order valence-corrected chi connectivity index (χ0v) is 20.4. The molecule has 0 saturated carbocycles. The van der Waals surface area contributed by atoms with Crippen LogP contribution in [0.5, 0.6) is 5.75 Å². The molecular weight excluding hydrogens is 495 g/mol. The molecule has 0 atom stereocenters. The van der Waals surface area contributed by atoms with Crippen molar-refractivity contribution in [1.82, 2.24) is 19.9 Å². The number of hydrogen-bond donors (Lipinski definition) is 2. The average Bonchev–Trinajstić information content (AvgIpc) is 2.90. The van der Waals surface area contributed by atoms with Crippen molar-refractivity contribution in [3.8, 4) is 17.0 Å². The van der Waals surface area contributed by atoms with E-state index < -0.39 is 6.36 Å². The van der Waals surface area contributed by atoms with Gasteiger partial charge >= 0.3 is 6.36 Å². The van der Waals surface area contributed by atoms with Crippen molar-refractivity contribution < 1.29 is 17.9 Å². The summed E-state index contributed by atoms with van der Waals surface area (Å²) in [4.78, 5) is 19.3. The molecule has 2 aromatic carbocycles. The van der Waals surface area contributed by atoms with Crippen molar-refractivity contribution >= 4 is 39.6 Å². The topological polar surface area (TPSA) is 102 Å². The lowest BCUT2D eigenvalue weighted by molar-refractivity contribution is -0.274. The molecule has 8 nitrogen and oxygen atoms in total. The van der Waals surface area contributed by atoms with Gasteiger partial charge in [0, 0.05) is 47.9 Å². The minimum absolute atomic E-state index is 0.327. The quantitative estimate of drug-likeness (QED) is 0.267. The van der Waals surface area contributed by atoms with Crippen molar-refractivity contribution in [3.63, 3.8) is 0 Å². The highest BCUT2D eigenvalue weighted by Crippen LogP contribution is 2.45. The number of fused-ring (bicyclic) bond motifs is 1. The summed E-state index contributed by atoms with van der Waals surface area (Å²) >= 11 is 0. The predicted octanol–water partition coefficient (Wildman–Crippen LogP) is 6.39. The van der Waals surface area contributed by atoms with Gasteiger partial charge in [-0.25, -0.2) is 19.9 Å². The van der Waals surface area contributed by atoms with E-state index >= 15 is 0 Å². The maximum atomic E-state index is 13.1. The molecule has 0 aliphatic rings. The minimum Gasteiger partial charge on any atom is -0.406 e. The largest absolute Gasteiger partial charge is 0.573 e. The lowest BCUT2D eigenvalue weighted by Gasteiger charge is -2.29. The van der Waals surface area contributed by atoms with Crippen molar-refractivity contribution in [1.29, 1.82) is 0 Å². The van der Waals surface area contributed by atoms with Gasteiger partial charge < -0.3 is 15.8 Å². The minimum atomic E-state index is -4.85. The van der Waals surface area contributed by atoms with Crippen molar-refractivity contribution in [2.45, 2.75) is 13.3 Å². The number of rotatable bonds is 6. The van der Waals surface area contributed by atoms with Gasteiger partial charge in [0.2, 0.25) is 0 Å². The molecule has 0 amide bonds. The van der Waals surface area contributed by atoms with E-state index in [-0.39, 0.29) is 5.75 Å². The van der Waals surface area contributed by atoms with E-state index in [9.17, 15) is 13.2 Å². The first-order valence-corrected chi connectivity index (χ1v) is 11.5. The van der Waals surface area contributed by atoms with Gasteiger partial charge in [-0.15, -0.1) is 13.2 Å². The van der Waals surface area contributed by atoms with Gasteiger partial charge in [-0.1, -0.05) is 18.2 Å². The molecule has 0 radical (unpaired) electrons. The fourth-order valence-corrected chi connectivity index (χ4v) is 4.26. The fourth-order valence-electron chi connectivity index (χ4n) is 4.26. The number of aryl methyl sites for hydroxylation is 1. The lowest BCUT2D eigenvalue weighted by atomic mass is 10.0. The molecule has 5 aromatic rings. The summed E-state index contributed by atoms with van der Waals surface area (Å²) in [6.07, 6.45) is -0.224. The van der Waals surface area contributed by atoms with E-state index in [2.05, 4.69) is 30.0 Å². The van der Waals surface area contributed by atoms with Gasteiger partial charge in [0.15, 0.2) is 0 Å². The summed E-state index contributed by atoms with van der Waals surface area (Å²) in [7, 11) is 1.74. The third-order valence-corrected chi connectivity index (χ3v) is 5.88. The Bertz CT molecular complexity index is 1620. The summed E-state index contributed by atoms with van der Waals surface area (Å²) in [6, 6.07) is 16.7. The van der Waals surface area contributed by atoms with E-state index in [1.807, 2.05) is 31.2 Å². The highest BCUT2D eigenvalue weighted by Gasteiger charge is 2.32. The maximum Gasteiger partial charge on any atom is 0.573 e. The van der Waals surface area contributed by atoms with Crippen LogP contribution in [0.3, 0.4) is 0 Å². The normalized spacial score (nSPS) is 11.4. The Morgan fingerprint density at radius 1 is 0.895 bits per heavy atom. The van der Waals surface area contributed by atoms with Crippen molar-refractivity contribution in [2.24, 2.45) is 0 Å². The number of pyridine rings is 2. The van der Waals surface area contributed by atoms with Gasteiger partial charge in [0.1, 0.15) is 29.5 Å². The summed E-state index contributed by atoms with van der Waals surface area (Å²) in [5, 5.41) is 4.43. The smallest absolute Gasteiger partial charge is 0.406 e. The molecule has 0 unspecified atom stereocenters. The van der Waals surface area contributed by atoms with Crippen molar-refractivity contribution in [3.05, 3.63) is 84.9 Å². The Morgan fingerprint density at radius 2 is 1.74 bits per heavy atom. The monoisotopic (exact) mass is 517 g/mol. The number of benzene rings is 2. The molecule has 0 fully saturated rings. The number of nitrogens with one attached hydrogen (secondary N) is 1. The molecule has 0 aliphatic carbocycles. The van der Waals surface area contributed by atoms with Crippen LogP contribution < -0.4 is 20.7 Å². The summed E-state index contributed by atoms with van der Waals surface area (Å²) in [6.45, 7) is 1.90. The standard InChI is InChI=1S/C27H22F3N7O/c1-16-8-9-20-19(10-12-33-25(20)31)24(16)37(17-5-3-6-18(13-17)38-27(28,29)30)26-21(7-4-11-34-26)22-14-23(32-2)36-15-35-22/h3-15H,1-2H3,(H2,31,33)(H,32,35,36). The molecule has 192 valence electrons. The van der Waals surface area contributed by atoms with E-state index in [0.717, 1.165) is 10.9 Å². The van der Waals surface area contributed by atoms with Crippen molar-refractivity contribution in [2.75, 3.05) is 23.0 Å². The molecule has 0 aliphatic heterocycles. The van der Waals surface area contributed by atoms with Crippen LogP contribution in [0.15, 0.2) is 79.4 Å². The Hall–Kier alpha value is -4.93. The van der Waals surface area contributed by atoms with Gasteiger partial charge in [-0.05, 0) is 42.8 Å². The zero-order valence-electron chi connectivity index (χ0n) is 20.4. The van der Waals surface area contributed by atoms with Gasteiger partial charge in [0.05, 0.1) is 17.1 Å². The Labute approximate surface area is 216 Å². The number of halogens is 3. The lowest BCUT2D eigenvalue weighted by Crippen LogP contribution is -2.18. The second kappa shape index (κ2) is 9.85. The van der Waals surface area contributed by atoms with Crippen LogP contribution in [0, 0.1) is 6.92 Å². The van der Waals surface area contributed by atoms with Crippen LogP contribution in [0.1, 0.15) is 5.56 Å². The number of anilines is 5. The van der Waals surface area contributed by atoms with E-state index in [4.69, 9.17) is 5.73 Å². The number of hydrogen-bond acceptors (Lipinski definition) is 8. The highest BCUT2D eigenvalue weighted by atomic mass is 19.4. The molecule has 38 heavy (non-hydrogen) atoms. The summed E-state index contributed by atoms with van der Waals surface area (Å²) < 4.78 is 43.6. The first kappa shape index (κ1) is 24.8. The number of aromatic nitrogens is 4. The number of alkyl halides is 3. The molecule has 0 bridgehead atoms. The summed E-state index contributed by atoms with van der Waals surface area (Å²) in [5.41, 5.74) is 9.28. The molecule has 0 saturated heterocycles. The zero-order chi connectivity index (χ0) is 26.9. The molecule has 3 aromatic heterocycles. The maximum absolute atomic E-state index is 13.1. The Morgan fingerprint density at radius 3 is 2.53 bits per heavy atom. The fraction of sp³-hybridized carbons (Fsp3) is 0.111. The van der Waals surface area contributed by atoms with Crippen LogP contribution in [-0.4, -0.2) is 33.3 Å². The van der Waals surface area contributed by atoms with Gasteiger partial charge in [-0.3, -0.25) is 4.90 Å².